The van der Waals surface area contributed by atoms with Gasteiger partial charge in [0.05, 0.1) is 12.4 Å². The highest BCUT2D eigenvalue weighted by atomic mass is 35.5. The van der Waals surface area contributed by atoms with E-state index in [4.69, 9.17) is 11.6 Å². The van der Waals surface area contributed by atoms with Crippen molar-refractivity contribution in [2.24, 2.45) is 0 Å². The summed E-state index contributed by atoms with van der Waals surface area (Å²) >= 11 is 5.77. The SMILES string of the molecule is O=C(c1cncc(Cl)n1)N1CC=C(c2ccccc2)CC1. The maximum atomic E-state index is 12.3. The van der Waals surface area contributed by atoms with Gasteiger partial charge in [-0.15, -0.1) is 0 Å². The largest absolute Gasteiger partial charge is 0.333 e. The third kappa shape index (κ3) is 3.11. The first-order valence-electron chi connectivity index (χ1n) is 6.75. The van der Waals surface area contributed by atoms with Gasteiger partial charge in [0.2, 0.25) is 0 Å². The summed E-state index contributed by atoms with van der Waals surface area (Å²) in [6.45, 7) is 1.25. The van der Waals surface area contributed by atoms with Crippen LogP contribution >= 0.6 is 11.6 Å². The van der Waals surface area contributed by atoms with Gasteiger partial charge in [-0.25, -0.2) is 4.98 Å². The van der Waals surface area contributed by atoms with Crippen molar-refractivity contribution in [2.75, 3.05) is 13.1 Å². The summed E-state index contributed by atoms with van der Waals surface area (Å²) in [6.07, 6.45) is 5.80. The highest BCUT2D eigenvalue weighted by Gasteiger charge is 2.20. The van der Waals surface area contributed by atoms with E-state index >= 15 is 0 Å². The minimum absolute atomic E-state index is 0.131. The van der Waals surface area contributed by atoms with E-state index in [0.29, 0.717) is 18.8 Å². The number of hydrogen-bond donors (Lipinski definition) is 0. The van der Waals surface area contributed by atoms with Gasteiger partial charge in [0.1, 0.15) is 10.8 Å². The van der Waals surface area contributed by atoms with Crippen LogP contribution in [-0.2, 0) is 0 Å². The molecule has 0 saturated heterocycles. The Labute approximate surface area is 128 Å². The van der Waals surface area contributed by atoms with Crippen LogP contribution in [0.1, 0.15) is 22.5 Å². The molecule has 1 aromatic carbocycles. The number of amides is 1. The van der Waals surface area contributed by atoms with Crippen molar-refractivity contribution in [3.8, 4) is 0 Å². The lowest BCUT2D eigenvalue weighted by Crippen LogP contribution is -2.35. The first kappa shape index (κ1) is 13.8. The molecule has 21 heavy (non-hydrogen) atoms. The minimum Gasteiger partial charge on any atom is -0.333 e. The maximum Gasteiger partial charge on any atom is 0.274 e. The van der Waals surface area contributed by atoms with Crippen LogP contribution in [0.3, 0.4) is 0 Å². The summed E-state index contributed by atoms with van der Waals surface area (Å²) in [5.74, 6) is -0.131. The summed E-state index contributed by atoms with van der Waals surface area (Å²) in [5.41, 5.74) is 2.78. The fourth-order valence-electron chi connectivity index (χ4n) is 2.38. The summed E-state index contributed by atoms with van der Waals surface area (Å²) in [7, 11) is 0. The van der Waals surface area contributed by atoms with Gasteiger partial charge in [0.15, 0.2) is 0 Å². The lowest BCUT2D eigenvalue weighted by Gasteiger charge is -2.26. The van der Waals surface area contributed by atoms with Crippen LogP contribution in [0.25, 0.3) is 5.57 Å². The molecule has 106 valence electrons. The van der Waals surface area contributed by atoms with Crippen molar-refractivity contribution < 1.29 is 4.79 Å². The Balaban J connectivity index is 1.73. The Bertz CT molecular complexity index is 685. The lowest BCUT2D eigenvalue weighted by atomic mass is 9.99. The first-order chi connectivity index (χ1) is 10.2. The predicted molar refractivity (Wildman–Crippen MR) is 82.0 cm³/mol. The van der Waals surface area contributed by atoms with Crippen LogP contribution in [0.4, 0.5) is 0 Å². The van der Waals surface area contributed by atoms with Crippen molar-refractivity contribution in [3.05, 3.63) is 65.2 Å². The zero-order chi connectivity index (χ0) is 14.7. The molecule has 0 N–H and O–H groups in total. The van der Waals surface area contributed by atoms with E-state index in [1.807, 2.05) is 18.2 Å². The minimum atomic E-state index is -0.131. The maximum absolute atomic E-state index is 12.3. The zero-order valence-electron chi connectivity index (χ0n) is 11.4. The van der Waals surface area contributed by atoms with Gasteiger partial charge in [-0.05, 0) is 17.6 Å². The first-order valence-corrected chi connectivity index (χ1v) is 7.13. The Kier molecular flexibility index (Phi) is 3.97. The van der Waals surface area contributed by atoms with Crippen molar-refractivity contribution >= 4 is 23.1 Å². The van der Waals surface area contributed by atoms with Crippen LogP contribution in [-0.4, -0.2) is 33.9 Å². The Morgan fingerprint density at radius 3 is 2.67 bits per heavy atom. The van der Waals surface area contributed by atoms with Gasteiger partial charge in [-0.2, -0.15) is 0 Å². The predicted octanol–water partition coefficient (Wildman–Crippen LogP) is 3.06. The molecule has 0 unspecified atom stereocenters. The number of nitrogens with zero attached hydrogens (tertiary/aromatic N) is 3. The van der Waals surface area contributed by atoms with Crippen LogP contribution < -0.4 is 0 Å². The Morgan fingerprint density at radius 2 is 2.00 bits per heavy atom. The third-order valence-corrected chi connectivity index (χ3v) is 3.65. The monoisotopic (exact) mass is 299 g/mol. The smallest absolute Gasteiger partial charge is 0.274 e. The van der Waals surface area contributed by atoms with Crippen LogP contribution in [0, 0.1) is 0 Å². The molecular weight excluding hydrogens is 286 g/mol. The second kappa shape index (κ2) is 6.06. The molecule has 1 aliphatic rings. The van der Waals surface area contributed by atoms with Crippen molar-refractivity contribution in [3.63, 3.8) is 0 Å². The molecular formula is C16H14ClN3O. The molecule has 0 aliphatic carbocycles. The number of carbonyl (C=O) groups is 1. The molecule has 4 nitrogen and oxygen atoms in total. The third-order valence-electron chi connectivity index (χ3n) is 3.47. The molecule has 1 aromatic heterocycles. The molecule has 0 atom stereocenters. The summed E-state index contributed by atoms with van der Waals surface area (Å²) < 4.78 is 0. The number of hydrogen-bond acceptors (Lipinski definition) is 3. The van der Waals surface area contributed by atoms with Crippen LogP contribution in [0.2, 0.25) is 5.15 Å². The Hall–Kier alpha value is -2.20. The van der Waals surface area contributed by atoms with Gasteiger partial charge in [0, 0.05) is 13.1 Å². The standard InChI is InChI=1S/C16H14ClN3O/c17-15-11-18-10-14(19-15)16(21)20-8-6-13(7-9-20)12-4-2-1-3-5-12/h1-6,10-11H,7-9H2. The molecule has 0 fully saturated rings. The second-order valence-corrected chi connectivity index (χ2v) is 5.21. The fourth-order valence-corrected chi connectivity index (χ4v) is 2.52. The quantitative estimate of drug-likeness (QED) is 0.856. The highest BCUT2D eigenvalue weighted by molar-refractivity contribution is 6.29. The molecule has 0 bridgehead atoms. The molecule has 1 amide bonds. The average molecular weight is 300 g/mol. The van der Waals surface area contributed by atoms with Gasteiger partial charge in [-0.1, -0.05) is 48.0 Å². The van der Waals surface area contributed by atoms with Crippen molar-refractivity contribution in [1.29, 1.82) is 0 Å². The molecule has 2 heterocycles. The van der Waals surface area contributed by atoms with Crippen LogP contribution in [0.5, 0.6) is 0 Å². The lowest BCUT2D eigenvalue weighted by molar-refractivity contribution is 0.0766. The molecule has 1 aliphatic heterocycles. The molecule has 0 spiro atoms. The van der Waals surface area contributed by atoms with E-state index in [1.54, 1.807) is 4.90 Å². The fraction of sp³-hybridized carbons (Fsp3) is 0.188. The van der Waals surface area contributed by atoms with E-state index in [-0.39, 0.29) is 11.1 Å². The molecule has 2 aromatic rings. The molecule has 0 saturated carbocycles. The topological polar surface area (TPSA) is 46.1 Å². The average Bonchev–Trinajstić information content (AvgIpc) is 2.55. The van der Waals surface area contributed by atoms with E-state index in [1.165, 1.54) is 23.5 Å². The number of aromatic nitrogens is 2. The highest BCUT2D eigenvalue weighted by Crippen LogP contribution is 2.22. The summed E-state index contributed by atoms with van der Waals surface area (Å²) in [6, 6.07) is 10.2. The van der Waals surface area contributed by atoms with Crippen LogP contribution in [0.15, 0.2) is 48.8 Å². The van der Waals surface area contributed by atoms with Crippen molar-refractivity contribution in [2.45, 2.75) is 6.42 Å². The van der Waals surface area contributed by atoms with E-state index in [9.17, 15) is 4.79 Å². The van der Waals surface area contributed by atoms with Gasteiger partial charge >= 0.3 is 0 Å². The number of rotatable bonds is 2. The zero-order valence-corrected chi connectivity index (χ0v) is 12.1. The number of benzene rings is 1. The van der Waals surface area contributed by atoms with Gasteiger partial charge in [0.25, 0.3) is 5.91 Å². The van der Waals surface area contributed by atoms with E-state index < -0.39 is 0 Å². The molecule has 3 rings (SSSR count). The Morgan fingerprint density at radius 1 is 1.19 bits per heavy atom. The van der Waals surface area contributed by atoms with Crippen molar-refractivity contribution in [1.82, 2.24) is 14.9 Å². The summed E-state index contributed by atoms with van der Waals surface area (Å²) in [5, 5.41) is 0.235. The van der Waals surface area contributed by atoms with Gasteiger partial charge in [-0.3, -0.25) is 9.78 Å². The molecule has 5 heteroatoms. The van der Waals surface area contributed by atoms with E-state index in [2.05, 4.69) is 28.2 Å². The van der Waals surface area contributed by atoms with Gasteiger partial charge < -0.3 is 4.90 Å². The summed E-state index contributed by atoms with van der Waals surface area (Å²) in [4.78, 5) is 22.0. The second-order valence-electron chi connectivity index (χ2n) is 4.82. The number of carbonyl (C=O) groups excluding carboxylic acids is 1. The number of halogens is 1. The normalized spacial score (nSPS) is 14.7. The van der Waals surface area contributed by atoms with E-state index in [0.717, 1.165) is 6.42 Å². The molecule has 0 radical (unpaired) electrons.